The van der Waals surface area contributed by atoms with E-state index in [1.165, 1.54) is 0 Å². The van der Waals surface area contributed by atoms with Gasteiger partial charge >= 0.3 is 0 Å². The minimum atomic E-state index is -0.535. The maximum atomic E-state index is 11.8. The van der Waals surface area contributed by atoms with E-state index in [0.29, 0.717) is 0 Å². The van der Waals surface area contributed by atoms with Gasteiger partial charge in [-0.25, -0.2) is 4.98 Å². The van der Waals surface area contributed by atoms with Crippen molar-refractivity contribution in [3.05, 3.63) is 36.2 Å². The number of nitrogens with zero attached hydrogens (tertiary/aromatic N) is 3. The van der Waals surface area contributed by atoms with Crippen LogP contribution in [0, 0.1) is 0 Å². The Kier molecular flexibility index (Phi) is 2.83. The first-order valence-electron chi connectivity index (χ1n) is 5.90. The van der Waals surface area contributed by atoms with Gasteiger partial charge in [0.05, 0.1) is 0 Å². The molecule has 0 fully saturated rings. The normalized spacial score (nSPS) is 17.9. The Morgan fingerprint density at radius 1 is 1.37 bits per heavy atom. The lowest BCUT2D eigenvalue weighted by molar-refractivity contribution is -0.118. The fourth-order valence-electron chi connectivity index (χ4n) is 2.16. The number of benzene rings is 1. The molecule has 2 N–H and O–H groups in total. The highest BCUT2D eigenvalue weighted by Crippen LogP contribution is 2.37. The van der Waals surface area contributed by atoms with E-state index in [2.05, 4.69) is 4.98 Å². The van der Waals surface area contributed by atoms with Crippen molar-refractivity contribution in [1.29, 1.82) is 0 Å². The molecular formula is C13H14N4OS. The summed E-state index contributed by atoms with van der Waals surface area (Å²) in [6.07, 6.45) is 3.67. The van der Waals surface area contributed by atoms with E-state index in [1.54, 1.807) is 29.9 Å². The van der Waals surface area contributed by atoms with Gasteiger partial charge in [0.25, 0.3) is 0 Å². The number of likely N-dealkylation sites (N-methyl/N-ethyl adjacent to an activating group) is 1. The number of carbonyl (C=O) groups is 1. The lowest BCUT2D eigenvalue weighted by Gasteiger charge is -2.11. The van der Waals surface area contributed by atoms with E-state index in [4.69, 9.17) is 5.73 Å². The first kappa shape index (κ1) is 12.3. The molecule has 6 heteroatoms. The molecule has 5 nitrogen and oxygen atoms in total. The molecule has 0 radical (unpaired) electrons. The Balaban J connectivity index is 1.95. The number of anilines is 1. The highest BCUT2D eigenvalue weighted by atomic mass is 32.2. The number of aromatic nitrogens is 2. The Morgan fingerprint density at radius 3 is 2.84 bits per heavy atom. The maximum Gasteiger partial charge on any atom is 0.248 e. The summed E-state index contributed by atoms with van der Waals surface area (Å²) in [6, 6.07) is 5.35. The summed E-state index contributed by atoms with van der Waals surface area (Å²) in [4.78, 5) is 18.8. The summed E-state index contributed by atoms with van der Waals surface area (Å²) in [5, 5.41) is 0.913. The first-order chi connectivity index (χ1) is 9.08. The predicted octanol–water partition coefficient (Wildman–Crippen LogP) is 1.55. The standard InChI is InChI=1S/C13H14N4OS/c1-16-6-5-15-13(16)19-8-3-4-9-10(7-8)17(2)12(18)11(9)14/h3-7,11H,14H2,1-2H3. The summed E-state index contributed by atoms with van der Waals surface area (Å²) in [7, 11) is 3.71. The highest BCUT2D eigenvalue weighted by Gasteiger charge is 2.32. The molecule has 1 aliphatic heterocycles. The molecule has 3 rings (SSSR count). The zero-order valence-corrected chi connectivity index (χ0v) is 11.5. The molecule has 1 aromatic carbocycles. The smallest absolute Gasteiger partial charge is 0.248 e. The number of fused-ring (bicyclic) bond motifs is 1. The van der Waals surface area contributed by atoms with Gasteiger partial charge in [-0.3, -0.25) is 4.79 Å². The second-order valence-electron chi connectivity index (χ2n) is 4.52. The molecule has 0 saturated carbocycles. The van der Waals surface area contributed by atoms with Gasteiger partial charge in [-0.05, 0) is 12.1 Å². The minimum Gasteiger partial charge on any atom is -0.329 e. The van der Waals surface area contributed by atoms with Crippen molar-refractivity contribution in [3.63, 3.8) is 0 Å². The lowest BCUT2D eigenvalue weighted by atomic mass is 10.1. The number of hydrogen-bond donors (Lipinski definition) is 1. The van der Waals surface area contributed by atoms with Crippen LogP contribution >= 0.6 is 11.8 Å². The van der Waals surface area contributed by atoms with Crippen molar-refractivity contribution < 1.29 is 4.79 Å². The third-order valence-electron chi connectivity index (χ3n) is 3.28. The van der Waals surface area contributed by atoms with Crippen LogP contribution in [0.5, 0.6) is 0 Å². The zero-order valence-electron chi connectivity index (χ0n) is 10.7. The van der Waals surface area contributed by atoms with Gasteiger partial charge in [-0.15, -0.1) is 0 Å². The fraction of sp³-hybridized carbons (Fsp3) is 0.231. The molecule has 0 spiro atoms. The van der Waals surface area contributed by atoms with Crippen LogP contribution in [-0.4, -0.2) is 22.5 Å². The predicted molar refractivity (Wildman–Crippen MR) is 74.1 cm³/mol. The van der Waals surface area contributed by atoms with Crippen LogP contribution in [0.1, 0.15) is 11.6 Å². The monoisotopic (exact) mass is 274 g/mol. The summed E-state index contributed by atoms with van der Waals surface area (Å²) >= 11 is 1.56. The van der Waals surface area contributed by atoms with Crippen LogP contribution < -0.4 is 10.6 Å². The number of nitrogens with two attached hydrogens (primary N) is 1. The fourth-order valence-corrected chi connectivity index (χ4v) is 2.99. The Hall–Kier alpha value is -1.79. The van der Waals surface area contributed by atoms with E-state index >= 15 is 0 Å². The molecule has 1 unspecified atom stereocenters. The van der Waals surface area contributed by atoms with Gasteiger partial charge in [-0.1, -0.05) is 17.8 Å². The Bertz CT molecular complexity index is 652. The van der Waals surface area contributed by atoms with E-state index in [1.807, 2.05) is 36.0 Å². The molecule has 1 amide bonds. The third-order valence-corrected chi connectivity index (χ3v) is 4.35. The molecule has 19 heavy (non-hydrogen) atoms. The molecule has 1 atom stereocenters. The van der Waals surface area contributed by atoms with E-state index in [-0.39, 0.29) is 5.91 Å². The van der Waals surface area contributed by atoms with E-state index < -0.39 is 6.04 Å². The van der Waals surface area contributed by atoms with Gasteiger partial charge in [-0.2, -0.15) is 0 Å². The molecule has 2 aromatic rings. The van der Waals surface area contributed by atoms with Gasteiger partial charge in [0.1, 0.15) is 6.04 Å². The van der Waals surface area contributed by atoms with Crippen LogP contribution in [0.25, 0.3) is 0 Å². The molecule has 1 aliphatic rings. The van der Waals surface area contributed by atoms with Crippen LogP contribution in [0.4, 0.5) is 5.69 Å². The summed E-state index contributed by atoms with van der Waals surface area (Å²) < 4.78 is 1.96. The summed E-state index contributed by atoms with van der Waals surface area (Å²) in [5.41, 5.74) is 7.65. The van der Waals surface area contributed by atoms with E-state index in [0.717, 1.165) is 21.3 Å². The number of aryl methyl sites for hydroxylation is 1. The second kappa shape index (κ2) is 4.40. The summed E-state index contributed by atoms with van der Waals surface area (Å²) in [5.74, 6) is -0.0610. The van der Waals surface area contributed by atoms with Crippen molar-refractivity contribution in [2.45, 2.75) is 16.1 Å². The van der Waals surface area contributed by atoms with E-state index in [9.17, 15) is 4.79 Å². The largest absolute Gasteiger partial charge is 0.329 e. The quantitative estimate of drug-likeness (QED) is 0.902. The SMILES string of the molecule is CN1C(=O)C(N)c2ccc(Sc3nccn3C)cc21. The van der Waals surface area contributed by atoms with Crippen molar-refractivity contribution in [3.8, 4) is 0 Å². The molecule has 1 aromatic heterocycles. The average molecular weight is 274 g/mol. The first-order valence-corrected chi connectivity index (χ1v) is 6.72. The maximum absolute atomic E-state index is 11.8. The van der Waals surface area contributed by atoms with Crippen molar-refractivity contribution >= 4 is 23.4 Å². The Labute approximate surface area is 115 Å². The van der Waals surface area contributed by atoms with Gasteiger partial charge < -0.3 is 15.2 Å². The molecule has 2 heterocycles. The Morgan fingerprint density at radius 2 is 2.16 bits per heavy atom. The topological polar surface area (TPSA) is 64.2 Å². The lowest BCUT2D eigenvalue weighted by Crippen LogP contribution is -2.27. The van der Waals surface area contributed by atoms with Crippen LogP contribution in [0.15, 0.2) is 40.6 Å². The third kappa shape index (κ3) is 1.93. The van der Waals surface area contributed by atoms with Gasteiger partial charge in [0.15, 0.2) is 5.16 Å². The summed E-state index contributed by atoms with van der Waals surface area (Å²) in [6.45, 7) is 0. The number of imidazole rings is 1. The molecule has 0 saturated heterocycles. The molecule has 98 valence electrons. The van der Waals surface area contributed by atoms with Crippen LogP contribution in [0.2, 0.25) is 0 Å². The second-order valence-corrected chi connectivity index (χ2v) is 5.56. The zero-order chi connectivity index (χ0) is 13.6. The van der Waals surface area contributed by atoms with Crippen molar-refractivity contribution in [2.24, 2.45) is 12.8 Å². The highest BCUT2D eigenvalue weighted by molar-refractivity contribution is 7.99. The number of carbonyl (C=O) groups excluding carboxylic acids is 1. The van der Waals surface area contributed by atoms with Crippen LogP contribution in [0.3, 0.4) is 0 Å². The number of amides is 1. The number of rotatable bonds is 2. The minimum absolute atomic E-state index is 0.0610. The van der Waals surface area contributed by atoms with Gasteiger partial charge in [0.2, 0.25) is 5.91 Å². The molecule has 0 bridgehead atoms. The van der Waals surface area contributed by atoms with Crippen LogP contribution in [-0.2, 0) is 11.8 Å². The number of hydrogen-bond acceptors (Lipinski definition) is 4. The molecular weight excluding hydrogens is 260 g/mol. The molecule has 0 aliphatic carbocycles. The van der Waals surface area contributed by atoms with Crippen molar-refractivity contribution in [1.82, 2.24) is 9.55 Å². The van der Waals surface area contributed by atoms with Gasteiger partial charge in [0, 0.05) is 42.6 Å². The average Bonchev–Trinajstić information content (AvgIpc) is 2.89. The van der Waals surface area contributed by atoms with Crippen molar-refractivity contribution in [2.75, 3.05) is 11.9 Å².